The molecule has 0 saturated heterocycles. The van der Waals surface area contributed by atoms with E-state index in [0.29, 0.717) is 17.1 Å². The van der Waals surface area contributed by atoms with Crippen LogP contribution in [0.25, 0.3) is 11.2 Å². The summed E-state index contributed by atoms with van der Waals surface area (Å²) in [5.41, 5.74) is 6.86. The number of nitrogens with zero attached hydrogens (tertiary/aromatic N) is 3. The minimum absolute atomic E-state index is 0.172. The van der Waals surface area contributed by atoms with E-state index in [-0.39, 0.29) is 6.01 Å². The van der Waals surface area contributed by atoms with E-state index in [1.165, 1.54) is 0 Å². The predicted octanol–water partition coefficient (Wildman–Crippen LogP) is 1.94. The van der Waals surface area contributed by atoms with Crippen LogP contribution in [-0.2, 0) is 0 Å². The minimum atomic E-state index is -0.642. The van der Waals surface area contributed by atoms with E-state index in [4.69, 9.17) is 10.5 Å². The first-order valence-corrected chi connectivity index (χ1v) is 6.14. The Bertz CT molecular complexity index is 813. The Kier molecular flexibility index (Phi) is 3.11. The molecule has 21 heavy (non-hydrogen) atoms. The van der Waals surface area contributed by atoms with Gasteiger partial charge in [0.05, 0.1) is 6.20 Å². The largest absolute Gasteiger partial charge is 0.424 e. The Labute approximate surface area is 119 Å². The number of fused-ring (bicyclic) bond motifs is 1. The standard InChI is InChI=1S/C13H12N6O2/c1-7-16-10-6-15-13(19-11(10)17-7)21-9-4-2-3-8(5-9)18-12(14)20/h2-6H,1H3,(H3,14,18,20)(H,15,16,17,19). The van der Waals surface area contributed by atoms with Crippen LogP contribution in [0.1, 0.15) is 5.82 Å². The highest BCUT2D eigenvalue weighted by molar-refractivity contribution is 5.87. The van der Waals surface area contributed by atoms with Gasteiger partial charge in [-0.25, -0.2) is 14.8 Å². The number of carbonyl (C=O) groups excluding carboxylic acids is 1. The number of nitrogens with two attached hydrogens (primary N) is 1. The quantitative estimate of drug-likeness (QED) is 0.679. The summed E-state index contributed by atoms with van der Waals surface area (Å²) in [7, 11) is 0. The highest BCUT2D eigenvalue weighted by Gasteiger charge is 2.06. The van der Waals surface area contributed by atoms with Gasteiger partial charge in [0.15, 0.2) is 5.65 Å². The Morgan fingerprint density at radius 3 is 3.05 bits per heavy atom. The van der Waals surface area contributed by atoms with Crippen LogP contribution in [0.4, 0.5) is 10.5 Å². The van der Waals surface area contributed by atoms with Gasteiger partial charge in [0.1, 0.15) is 17.1 Å². The average molecular weight is 284 g/mol. The van der Waals surface area contributed by atoms with Crippen molar-refractivity contribution < 1.29 is 9.53 Å². The van der Waals surface area contributed by atoms with Crippen molar-refractivity contribution in [3.63, 3.8) is 0 Å². The van der Waals surface area contributed by atoms with E-state index in [9.17, 15) is 4.79 Å². The van der Waals surface area contributed by atoms with Gasteiger partial charge < -0.3 is 20.8 Å². The van der Waals surface area contributed by atoms with Gasteiger partial charge in [-0.05, 0) is 19.1 Å². The number of aromatic nitrogens is 4. The first-order chi connectivity index (χ1) is 10.1. The third kappa shape index (κ3) is 2.89. The lowest BCUT2D eigenvalue weighted by atomic mass is 10.3. The maximum absolute atomic E-state index is 10.8. The van der Waals surface area contributed by atoms with E-state index in [1.54, 1.807) is 30.5 Å². The normalized spacial score (nSPS) is 10.5. The summed E-state index contributed by atoms with van der Waals surface area (Å²) in [6, 6.07) is 6.28. The maximum atomic E-state index is 10.8. The zero-order chi connectivity index (χ0) is 14.8. The third-order valence-electron chi connectivity index (χ3n) is 2.65. The summed E-state index contributed by atoms with van der Waals surface area (Å²) < 4.78 is 5.55. The number of hydrogen-bond acceptors (Lipinski definition) is 5. The summed E-state index contributed by atoms with van der Waals surface area (Å²) >= 11 is 0. The Morgan fingerprint density at radius 1 is 1.38 bits per heavy atom. The lowest BCUT2D eigenvalue weighted by molar-refractivity contribution is 0.259. The summed E-state index contributed by atoms with van der Waals surface area (Å²) in [5, 5.41) is 2.46. The number of benzene rings is 1. The number of anilines is 1. The fraction of sp³-hybridized carbons (Fsp3) is 0.0769. The highest BCUT2D eigenvalue weighted by Crippen LogP contribution is 2.22. The molecule has 1 aromatic carbocycles. The van der Waals surface area contributed by atoms with Crippen molar-refractivity contribution in [3.8, 4) is 11.8 Å². The van der Waals surface area contributed by atoms with Crippen molar-refractivity contribution in [2.75, 3.05) is 5.32 Å². The number of hydrogen-bond donors (Lipinski definition) is 3. The number of primary amides is 1. The first kappa shape index (κ1) is 12.9. The van der Waals surface area contributed by atoms with Gasteiger partial charge >= 0.3 is 12.0 Å². The molecule has 4 N–H and O–H groups in total. The number of aromatic amines is 1. The molecular formula is C13H12N6O2. The number of amides is 2. The van der Waals surface area contributed by atoms with Gasteiger partial charge in [0, 0.05) is 11.8 Å². The molecule has 0 fully saturated rings. The van der Waals surface area contributed by atoms with Crippen LogP contribution in [0.3, 0.4) is 0 Å². The average Bonchev–Trinajstić information content (AvgIpc) is 2.77. The zero-order valence-electron chi connectivity index (χ0n) is 11.1. The van der Waals surface area contributed by atoms with Gasteiger partial charge in [-0.2, -0.15) is 4.98 Å². The molecule has 0 radical (unpaired) electrons. The summed E-state index contributed by atoms with van der Waals surface area (Å²) in [4.78, 5) is 26.3. The molecule has 106 valence electrons. The molecule has 3 aromatic rings. The third-order valence-corrected chi connectivity index (χ3v) is 2.65. The van der Waals surface area contributed by atoms with Crippen molar-refractivity contribution in [2.24, 2.45) is 5.73 Å². The van der Waals surface area contributed by atoms with Gasteiger partial charge in [0.25, 0.3) is 0 Å². The van der Waals surface area contributed by atoms with Crippen LogP contribution in [-0.4, -0.2) is 26.0 Å². The van der Waals surface area contributed by atoms with Crippen LogP contribution < -0.4 is 15.8 Å². The van der Waals surface area contributed by atoms with E-state index >= 15 is 0 Å². The molecule has 0 saturated carbocycles. The molecule has 3 rings (SSSR count). The van der Waals surface area contributed by atoms with Gasteiger partial charge in [-0.15, -0.1) is 0 Å². The SMILES string of the molecule is Cc1nc2nc(Oc3cccc(NC(N)=O)c3)ncc2[nH]1. The minimum Gasteiger partial charge on any atom is -0.424 e. The van der Waals surface area contributed by atoms with Gasteiger partial charge in [-0.1, -0.05) is 6.07 Å². The smallest absolute Gasteiger partial charge is 0.324 e. The van der Waals surface area contributed by atoms with Crippen molar-refractivity contribution in [1.29, 1.82) is 0 Å². The second-order valence-electron chi connectivity index (χ2n) is 4.33. The van der Waals surface area contributed by atoms with E-state index < -0.39 is 6.03 Å². The monoisotopic (exact) mass is 284 g/mol. The molecular weight excluding hydrogens is 272 g/mol. The van der Waals surface area contributed by atoms with E-state index in [1.807, 2.05) is 6.92 Å². The lowest BCUT2D eigenvalue weighted by Crippen LogP contribution is -2.19. The molecule has 8 heteroatoms. The summed E-state index contributed by atoms with van der Waals surface area (Å²) in [6.45, 7) is 1.83. The summed E-state index contributed by atoms with van der Waals surface area (Å²) in [6.07, 6.45) is 1.60. The number of H-pyrrole nitrogens is 1. The second kappa shape index (κ2) is 5.08. The van der Waals surface area contributed by atoms with E-state index in [0.717, 1.165) is 11.3 Å². The Hall–Kier alpha value is -3.16. The molecule has 8 nitrogen and oxygen atoms in total. The fourth-order valence-corrected chi connectivity index (χ4v) is 1.85. The number of urea groups is 1. The molecule has 0 aliphatic rings. The molecule has 0 atom stereocenters. The lowest BCUT2D eigenvalue weighted by Gasteiger charge is -2.06. The second-order valence-corrected chi connectivity index (χ2v) is 4.33. The number of aryl methyl sites for hydroxylation is 1. The zero-order valence-corrected chi connectivity index (χ0v) is 11.1. The molecule has 2 aromatic heterocycles. The number of imidazole rings is 1. The van der Waals surface area contributed by atoms with Crippen molar-refractivity contribution in [2.45, 2.75) is 6.92 Å². The molecule has 0 spiro atoms. The highest BCUT2D eigenvalue weighted by atomic mass is 16.5. The summed E-state index contributed by atoms with van der Waals surface area (Å²) in [5.74, 6) is 1.23. The van der Waals surface area contributed by atoms with E-state index in [2.05, 4.69) is 25.3 Å². The van der Waals surface area contributed by atoms with Crippen LogP contribution in [0.2, 0.25) is 0 Å². The van der Waals surface area contributed by atoms with Gasteiger partial charge in [0.2, 0.25) is 0 Å². The number of nitrogens with one attached hydrogen (secondary N) is 2. The Morgan fingerprint density at radius 2 is 2.24 bits per heavy atom. The predicted molar refractivity (Wildman–Crippen MR) is 76.1 cm³/mol. The number of rotatable bonds is 3. The molecule has 0 unspecified atom stereocenters. The molecule has 2 heterocycles. The van der Waals surface area contributed by atoms with Gasteiger partial charge in [-0.3, -0.25) is 0 Å². The van der Waals surface area contributed by atoms with Crippen LogP contribution in [0.5, 0.6) is 11.8 Å². The molecule has 0 aliphatic carbocycles. The number of carbonyl (C=O) groups is 1. The van der Waals surface area contributed by atoms with Crippen molar-refractivity contribution >= 4 is 22.9 Å². The van der Waals surface area contributed by atoms with Crippen LogP contribution >= 0.6 is 0 Å². The van der Waals surface area contributed by atoms with Crippen LogP contribution in [0, 0.1) is 6.92 Å². The molecule has 2 amide bonds. The number of ether oxygens (including phenoxy) is 1. The van der Waals surface area contributed by atoms with Crippen molar-refractivity contribution in [1.82, 2.24) is 19.9 Å². The van der Waals surface area contributed by atoms with Crippen molar-refractivity contribution in [3.05, 3.63) is 36.3 Å². The first-order valence-electron chi connectivity index (χ1n) is 6.14. The fourth-order valence-electron chi connectivity index (χ4n) is 1.85. The Balaban J connectivity index is 1.85. The van der Waals surface area contributed by atoms with Crippen LogP contribution in [0.15, 0.2) is 30.5 Å². The molecule has 0 aliphatic heterocycles. The maximum Gasteiger partial charge on any atom is 0.324 e. The molecule has 0 bridgehead atoms. The topological polar surface area (TPSA) is 119 Å².